The molecule has 0 bridgehead atoms. The molecule has 18 heavy (non-hydrogen) atoms. The summed E-state index contributed by atoms with van der Waals surface area (Å²) in [4.78, 5) is 0. The Morgan fingerprint density at radius 2 is 1.67 bits per heavy atom. The first kappa shape index (κ1) is 12.7. The van der Waals surface area contributed by atoms with Gasteiger partial charge in [-0.15, -0.1) is 5.06 Å². The molecule has 5 heteroatoms. The van der Waals surface area contributed by atoms with Crippen LogP contribution in [0, 0.1) is 5.21 Å². The highest BCUT2D eigenvalue weighted by atomic mass is 16.5. The van der Waals surface area contributed by atoms with Crippen molar-refractivity contribution in [1.29, 1.82) is 0 Å². The second-order valence-electron chi connectivity index (χ2n) is 5.59. The number of rotatable bonds is 1. The lowest BCUT2D eigenvalue weighted by Gasteiger charge is -2.33. The molecule has 0 aromatic heterocycles. The van der Waals surface area contributed by atoms with E-state index in [9.17, 15) is 16.1 Å². The molecule has 2 radical (unpaired) electrons. The molecule has 1 aromatic carbocycles. The molecule has 0 unspecified atom stereocenters. The topological polar surface area (TPSA) is 71.8 Å². The number of hydrogen-bond acceptors (Lipinski definition) is 3. The van der Waals surface area contributed by atoms with Gasteiger partial charge in [0.25, 0.3) is 0 Å². The van der Waals surface area contributed by atoms with Gasteiger partial charge in [0.15, 0.2) is 5.54 Å². The molecule has 0 aliphatic carbocycles. The zero-order chi connectivity index (χ0) is 13.7. The van der Waals surface area contributed by atoms with E-state index in [2.05, 4.69) is 0 Å². The largest absolute Gasteiger partial charge is 0.714 e. The second kappa shape index (κ2) is 3.62. The lowest BCUT2D eigenvalue weighted by molar-refractivity contribution is -0.539. The lowest BCUT2D eigenvalue weighted by Crippen LogP contribution is -2.53. The molecule has 1 aromatic rings. The van der Waals surface area contributed by atoms with Gasteiger partial charge in [-0.05, 0) is 52.0 Å². The van der Waals surface area contributed by atoms with E-state index >= 15 is 0 Å². The number of nitrogens with zero attached hydrogens (tertiary/aromatic N) is 3. The highest BCUT2D eigenvalue weighted by Crippen LogP contribution is 2.37. The second-order valence-corrected chi connectivity index (χ2v) is 5.59. The van der Waals surface area contributed by atoms with Crippen LogP contribution in [-0.2, 0) is 0 Å². The zero-order valence-electron chi connectivity index (χ0n) is 11.0. The fraction of sp³-hybridized carbons (Fsp3) is 0.462. The fourth-order valence-corrected chi connectivity index (χ4v) is 1.97. The van der Waals surface area contributed by atoms with Crippen LogP contribution >= 0.6 is 0 Å². The van der Waals surface area contributed by atoms with Crippen LogP contribution in [-0.4, -0.2) is 31.9 Å². The van der Waals surface area contributed by atoms with E-state index in [1.54, 1.807) is 26.0 Å². The van der Waals surface area contributed by atoms with Gasteiger partial charge in [-0.1, -0.05) is 0 Å². The maximum atomic E-state index is 12.4. The van der Waals surface area contributed by atoms with Gasteiger partial charge in [0.1, 0.15) is 5.54 Å². The Bertz CT molecular complexity index is 503. The SMILES string of the molecule is CC1(C)N(O)C(c2ccc([N])cc2)=[N+]([O-])C1(C)C. The molecule has 0 spiro atoms. The van der Waals surface area contributed by atoms with Crippen LogP contribution in [0.5, 0.6) is 0 Å². The highest BCUT2D eigenvalue weighted by molar-refractivity contribution is 5.96. The summed E-state index contributed by atoms with van der Waals surface area (Å²) in [7, 11) is 0. The molecular formula is C13H17N3O2. The molecule has 1 aliphatic heterocycles. The average molecular weight is 247 g/mol. The van der Waals surface area contributed by atoms with Crippen molar-refractivity contribution in [2.24, 2.45) is 0 Å². The summed E-state index contributed by atoms with van der Waals surface area (Å²) < 4.78 is 0.819. The van der Waals surface area contributed by atoms with Crippen molar-refractivity contribution in [3.63, 3.8) is 0 Å². The Labute approximate surface area is 107 Å². The van der Waals surface area contributed by atoms with Gasteiger partial charge < -0.3 is 5.21 Å². The number of hydrogen-bond donors (Lipinski definition) is 1. The number of amidine groups is 1. The molecule has 5 nitrogen and oxygen atoms in total. The van der Waals surface area contributed by atoms with Gasteiger partial charge in [0.2, 0.25) is 0 Å². The molecular weight excluding hydrogens is 230 g/mol. The monoisotopic (exact) mass is 247 g/mol. The smallest absolute Gasteiger partial charge is 0.313 e. The van der Waals surface area contributed by atoms with Crippen LogP contribution in [0.4, 0.5) is 5.69 Å². The van der Waals surface area contributed by atoms with Crippen LogP contribution in [0.2, 0.25) is 0 Å². The summed E-state index contributed by atoms with van der Waals surface area (Å²) in [5, 5.41) is 23.6. The van der Waals surface area contributed by atoms with E-state index < -0.39 is 11.1 Å². The van der Waals surface area contributed by atoms with Crippen LogP contribution in [0.25, 0.3) is 0 Å². The van der Waals surface area contributed by atoms with Crippen molar-refractivity contribution in [3.8, 4) is 0 Å². The van der Waals surface area contributed by atoms with Crippen molar-refractivity contribution in [2.75, 3.05) is 0 Å². The van der Waals surface area contributed by atoms with Gasteiger partial charge in [-0.2, -0.15) is 5.73 Å². The maximum Gasteiger partial charge on any atom is 0.313 e. The van der Waals surface area contributed by atoms with Gasteiger partial charge >= 0.3 is 5.84 Å². The first-order valence-corrected chi connectivity index (χ1v) is 5.82. The van der Waals surface area contributed by atoms with E-state index in [1.807, 2.05) is 13.8 Å². The molecule has 2 rings (SSSR count). The van der Waals surface area contributed by atoms with Crippen LogP contribution in [0.1, 0.15) is 33.3 Å². The predicted molar refractivity (Wildman–Crippen MR) is 67.8 cm³/mol. The van der Waals surface area contributed by atoms with Crippen molar-refractivity contribution >= 4 is 11.5 Å². The van der Waals surface area contributed by atoms with E-state index in [-0.39, 0.29) is 11.5 Å². The van der Waals surface area contributed by atoms with Crippen molar-refractivity contribution in [1.82, 2.24) is 10.8 Å². The predicted octanol–water partition coefficient (Wildman–Crippen LogP) is 1.91. The summed E-state index contributed by atoms with van der Waals surface area (Å²) in [6.45, 7) is 7.20. The van der Waals surface area contributed by atoms with E-state index in [0.29, 0.717) is 5.56 Å². The standard InChI is InChI=1S/C13H17N3O2/c1-12(2)13(3,4)16(18)11(15(12)17)9-5-7-10(14)8-6-9/h5-8,17H,1-4H3. The maximum absolute atomic E-state index is 12.4. The first-order chi connectivity index (χ1) is 8.19. The average Bonchev–Trinajstić information content (AvgIpc) is 2.41. The molecule has 0 saturated heterocycles. The molecule has 1 N–H and O–H groups in total. The van der Waals surface area contributed by atoms with Gasteiger partial charge in [-0.25, -0.2) is 5.21 Å². The van der Waals surface area contributed by atoms with Gasteiger partial charge in [0, 0.05) is 0 Å². The summed E-state index contributed by atoms with van der Waals surface area (Å²) in [5.74, 6) is 0.199. The minimum atomic E-state index is -0.755. The zero-order valence-corrected chi connectivity index (χ0v) is 11.0. The normalized spacial score (nSPS) is 21.5. The lowest BCUT2D eigenvalue weighted by atomic mass is 9.84. The molecule has 0 atom stereocenters. The highest BCUT2D eigenvalue weighted by Gasteiger charge is 2.58. The van der Waals surface area contributed by atoms with E-state index in [1.165, 1.54) is 12.1 Å². The third-order valence-corrected chi connectivity index (χ3v) is 4.05. The Morgan fingerprint density at radius 1 is 1.17 bits per heavy atom. The Hall–Kier alpha value is -1.75. The van der Waals surface area contributed by atoms with E-state index in [4.69, 9.17) is 0 Å². The molecule has 1 heterocycles. The van der Waals surface area contributed by atoms with Crippen molar-refractivity contribution < 1.29 is 9.95 Å². The van der Waals surface area contributed by atoms with Crippen LogP contribution < -0.4 is 5.73 Å². The molecule has 0 saturated carbocycles. The number of benzene rings is 1. The van der Waals surface area contributed by atoms with Gasteiger partial charge in [0.05, 0.1) is 11.3 Å². The minimum Gasteiger partial charge on any atom is -0.714 e. The Balaban J connectivity index is 2.57. The molecule has 96 valence electrons. The van der Waals surface area contributed by atoms with E-state index in [0.717, 1.165) is 9.80 Å². The third-order valence-electron chi connectivity index (χ3n) is 4.05. The Morgan fingerprint density at radius 3 is 2.06 bits per heavy atom. The quantitative estimate of drug-likeness (QED) is 0.608. The Kier molecular flexibility index (Phi) is 2.55. The first-order valence-electron chi connectivity index (χ1n) is 5.82. The third kappa shape index (κ3) is 1.47. The summed E-state index contributed by atoms with van der Waals surface area (Å²) in [5.41, 5.74) is 8.49. The molecule has 1 aliphatic rings. The summed E-state index contributed by atoms with van der Waals surface area (Å²) in [6.07, 6.45) is 0. The van der Waals surface area contributed by atoms with Crippen LogP contribution in [0.3, 0.4) is 0 Å². The van der Waals surface area contributed by atoms with Crippen LogP contribution in [0.15, 0.2) is 24.3 Å². The number of hydroxylamine groups is 3. The van der Waals surface area contributed by atoms with Crippen molar-refractivity contribution in [3.05, 3.63) is 35.0 Å². The van der Waals surface area contributed by atoms with Gasteiger partial charge in [-0.3, -0.25) is 4.74 Å². The fourth-order valence-electron chi connectivity index (χ4n) is 1.97. The van der Waals surface area contributed by atoms with Crippen molar-refractivity contribution in [2.45, 2.75) is 38.8 Å². The summed E-state index contributed by atoms with van der Waals surface area (Å²) >= 11 is 0. The minimum absolute atomic E-state index is 0.123. The molecule has 0 amide bonds. The summed E-state index contributed by atoms with van der Waals surface area (Å²) in [6, 6.07) is 6.19. The molecule has 0 fully saturated rings.